The summed E-state index contributed by atoms with van der Waals surface area (Å²) in [4.78, 5) is 29.6. The van der Waals surface area contributed by atoms with E-state index in [1.54, 1.807) is 13.1 Å². The standard InChI is InChI=1S/C18H19N3O2/c1-9-6-7-13(17(22)14-8-19-21(5)18(14)23)16-10(2)11(3)20-12(4)15(9)16/h6-8,19H,1-5H3. The zero-order chi connectivity index (χ0) is 16.9. The molecule has 0 bridgehead atoms. The Balaban J connectivity index is 2.39. The lowest BCUT2D eigenvalue weighted by atomic mass is 9.92. The van der Waals surface area contributed by atoms with E-state index in [1.165, 1.54) is 10.9 Å². The largest absolute Gasteiger partial charge is 0.302 e. The molecule has 0 atom stereocenters. The summed E-state index contributed by atoms with van der Waals surface area (Å²) in [5.74, 6) is -0.259. The van der Waals surface area contributed by atoms with E-state index in [4.69, 9.17) is 0 Å². The van der Waals surface area contributed by atoms with Gasteiger partial charge in [0.25, 0.3) is 5.56 Å². The molecule has 0 aliphatic heterocycles. The predicted molar refractivity (Wildman–Crippen MR) is 90.2 cm³/mol. The number of carbonyl (C=O) groups excluding carboxylic acids is 1. The maximum Gasteiger partial charge on any atom is 0.277 e. The van der Waals surface area contributed by atoms with Gasteiger partial charge in [-0.2, -0.15) is 0 Å². The molecule has 2 heterocycles. The van der Waals surface area contributed by atoms with Gasteiger partial charge in [0.1, 0.15) is 5.56 Å². The zero-order valence-electron chi connectivity index (χ0n) is 13.9. The SMILES string of the molecule is Cc1nc(C)c2c(C)ccc(C(=O)c3c[nH]n(C)c3=O)c2c1C. The summed E-state index contributed by atoms with van der Waals surface area (Å²) in [6.45, 7) is 7.87. The lowest BCUT2D eigenvalue weighted by Gasteiger charge is -2.14. The fourth-order valence-electron chi connectivity index (χ4n) is 3.09. The Bertz CT molecular complexity index is 1010. The third-order valence-corrected chi connectivity index (χ3v) is 4.46. The Hall–Kier alpha value is -2.69. The number of benzene rings is 1. The average Bonchev–Trinajstić information content (AvgIpc) is 2.83. The number of aromatic nitrogens is 3. The normalized spacial score (nSPS) is 11.2. The first-order valence-corrected chi connectivity index (χ1v) is 7.49. The van der Waals surface area contributed by atoms with Crippen molar-refractivity contribution in [3.63, 3.8) is 0 Å². The Morgan fingerprint density at radius 2 is 1.74 bits per heavy atom. The van der Waals surface area contributed by atoms with Crippen LogP contribution in [0.15, 0.2) is 23.1 Å². The average molecular weight is 309 g/mol. The first kappa shape index (κ1) is 15.2. The lowest BCUT2D eigenvalue weighted by molar-refractivity contribution is 0.103. The smallest absolute Gasteiger partial charge is 0.277 e. The molecule has 3 aromatic rings. The van der Waals surface area contributed by atoms with Crippen LogP contribution in [0.2, 0.25) is 0 Å². The van der Waals surface area contributed by atoms with Crippen LogP contribution >= 0.6 is 0 Å². The highest BCUT2D eigenvalue weighted by Gasteiger charge is 2.21. The monoisotopic (exact) mass is 309 g/mol. The molecule has 0 aliphatic carbocycles. The summed E-state index contributed by atoms with van der Waals surface area (Å²) in [5, 5.41) is 4.64. The molecule has 2 aromatic heterocycles. The van der Waals surface area contributed by atoms with E-state index >= 15 is 0 Å². The number of nitrogens with zero attached hydrogens (tertiary/aromatic N) is 2. The molecule has 118 valence electrons. The minimum atomic E-state index is -0.316. The third kappa shape index (κ3) is 2.20. The number of pyridine rings is 1. The van der Waals surface area contributed by atoms with Gasteiger partial charge in [0.2, 0.25) is 5.78 Å². The van der Waals surface area contributed by atoms with E-state index in [9.17, 15) is 9.59 Å². The van der Waals surface area contributed by atoms with Crippen LogP contribution in [0.3, 0.4) is 0 Å². The lowest BCUT2D eigenvalue weighted by Crippen LogP contribution is -2.19. The van der Waals surface area contributed by atoms with Crippen molar-refractivity contribution in [3.05, 3.63) is 62.3 Å². The number of carbonyl (C=O) groups is 1. The van der Waals surface area contributed by atoms with Crippen molar-refractivity contribution in [3.8, 4) is 0 Å². The molecule has 0 fully saturated rings. The van der Waals surface area contributed by atoms with Gasteiger partial charge in [-0.1, -0.05) is 12.1 Å². The van der Waals surface area contributed by atoms with Gasteiger partial charge in [-0.05, 0) is 44.2 Å². The number of aromatic amines is 1. The Labute approximate surface area is 134 Å². The quantitative estimate of drug-likeness (QED) is 0.740. The highest BCUT2D eigenvalue weighted by molar-refractivity contribution is 6.17. The topological polar surface area (TPSA) is 67.8 Å². The Morgan fingerprint density at radius 3 is 2.35 bits per heavy atom. The van der Waals surface area contributed by atoms with Gasteiger partial charge in [-0.3, -0.25) is 19.3 Å². The first-order valence-electron chi connectivity index (χ1n) is 7.49. The van der Waals surface area contributed by atoms with E-state index in [1.807, 2.05) is 33.8 Å². The summed E-state index contributed by atoms with van der Waals surface area (Å²) < 4.78 is 1.30. The van der Waals surface area contributed by atoms with E-state index in [0.29, 0.717) is 5.56 Å². The summed E-state index contributed by atoms with van der Waals surface area (Å²) >= 11 is 0. The fraction of sp³-hybridized carbons (Fsp3) is 0.278. The number of H-pyrrole nitrogens is 1. The van der Waals surface area contributed by atoms with Gasteiger partial charge < -0.3 is 5.10 Å². The van der Waals surface area contributed by atoms with Crippen molar-refractivity contribution < 1.29 is 4.79 Å². The van der Waals surface area contributed by atoms with Crippen molar-refractivity contribution in [2.24, 2.45) is 7.05 Å². The first-order chi connectivity index (χ1) is 10.8. The number of ketones is 1. The molecule has 0 aliphatic rings. The van der Waals surface area contributed by atoms with Crippen molar-refractivity contribution >= 4 is 16.6 Å². The van der Waals surface area contributed by atoms with Crippen LogP contribution in [0.5, 0.6) is 0 Å². The van der Waals surface area contributed by atoms with Crippen LogP contribution in [0, 0.1) is 27.7 Å². The third-order valence-electron chi connectivity index (χ3n) is 4.46. The maximum absolute atomic E-state index is 12.9. The van der Waals surface area contributed by atoms with E-state index in [0.717, 1.165) is 33.3 Å². The molecule has 3 rings (SSSR count). The Morgan fingerprint density at radius 1 is 1.04 bits per heavy atom. The van der Waals surface area contributed by atoms with Crippen LogP contribution in [0.4, 0.5) is 0 Å². The molecule has 23 heavy (non-hydrogen) atoms. The number of nitrogens with one attached hydrogen (secondary N) is 1. The van der Waals surface area contributed by atoms with E-state index < -0.39 is 0 Å². The van der Waals surface area contributed by atoms with Crippen LogP contribution in [-0.4, -0.2) is 20.5 Å². The zero-order valence-corrected chi connectivity index (χ0v) is 13.9. The molecule has 0 saturated heterocycles. The van der Waals surface area contributed by atoms with Gasteiger partial charge >= 0.3 is 0 Å². The second kappa shape index (κ2) is 5.19. The van der Waals surface area contributed by atoms with Gasteiger partial charge in [-0.25, -0.2) is 0 Å². The molecule has 0 amide bonds. The highest BCUT2D eigenvalue weighted by atomic mass is 16.2. The van der Waals surface area contributed by atoms with Crippen molar-refractivity contribution in [1.82, 2.24) is 14.8 Å². The highest BCUT2D eigenvalue weighted by Crippen LogP contribution is 2.30. The molecule has 0 spiro atoms. The van der Waals surface area contributed by atoms with Gasteiger partial charge in [0.15, 0.2) is 0 Å². The Kier molecular flexibility index (Phi) is 3.43. The van der Waals surface area contributed by atoms with E-state index in [-0.39, 0.29) is 16.9 Å². The van der Waals surface area contributed by atoms with Gasteiger partial charge in [0, 0.05) is 35.6 Å². The number of hydrogen-bond donors (Lipinski definition) is 1. The van der Waals surface area contributed by atoms with Crippen molar-refractivity contribution in [2.75, 3.05) is 0 Å². The van der Waals surface area contributed by atoms with Crippen LogP contribution < -0.4 is 5.56 Å². The van der Waals surface area contributed by atoms with Gasteiger partial charge in [0.05, 0.1) is 0 Å². The molecule has 0 unspecified atom stereocenters. The molecule has 5 heteroatoms. The minimum Gasteiger partial charge on any atom is -0.302 e. The predicted octanol–water partition coefficient (Wildman–Crippen LogP) is 2.73. The second-order valence-corrected chi connectivity index (χ2v) is 5.97. The summed E-state index contributed by atoms with van der Waals surface area (Å²) in [7, 11) is 1.59. The number of fused-ring (bicyclic) bond motifs is 1. The van der Waals surface area contributed by atoms with E-state index in [2.05, 4.69) is 10.1 Å². The summed E-state index contributed by atoms with van der Waals surface area (Å²) in [6.07, 6.45) is 1.46. The molecule has 1 N–H and O–H groups in total. The van der Waals surface area contributed by atoms with Crippen LogP contribution in [-0.2, 0) is 7.05 Å². The number of rotatable bonds is 2. The van der Waals surface area contributed by atoms with Crippen LogP contribution in [0.1, 0.15) is 38.4 Å². The fourth-order valence-corrected chi connectivity index (χ4v) is 3.09. The van der Waals surface area contributed by atoms with Crippen molar-refractivity contribution in [1.29, 1.82) is 0 Å². The maximum atomic E-state index is 12.9. The van der Waals surface area contributed by atoms with Crippen molar-refractivity contribution in [2.45, 2.75) is 27.7 Å². The molecule has 0 saturated carbocycles. The second-order valence-electron chi connectivity index (χ2n) is 5.97. The molecular formula is C18H19N3O2. The van der Waals surface area contributed by atoms with Crippen LogP contribution in [0.25, 0.3) is 10.8 Å². The molecular weight excluding hydrogens is 290 g/mol. The van der Waals surface area contributed by atoms with Gasteiger partial charge in [-0.15, -0.1) is 0 Å². The minimum absolute atomic E-state index is 0.157. The molecule has 0 radical (unpaired) electrons. The molecule has 5 nitrogen and oxygen atoms in total. The number of hydrogen-bond acceptors (Lipinski definition) is 3. The molecule has 1 aromatic carbocycles. The summed E-state index contributed by atoms with van der Waals surface area (Å²) in [6, 6.07) is 3.72. The number of aryl methyl sites for hydroxylation is 5. The summed E-state index contributed by atoms with van der Waals surface area (Å²) in [5.41, 5.74) is 4.24.